The largest absolute Gasteiger partial charge is 0.400 e. The first kappa shape index (κ1) is 32.5. The van der Waals surface area contributed by atoms with E-state index in [1.54, 1.807) is 0 Å². The second-order valence-corrected chi connectivity index (χ2v) is 4.60. The van der Waals surface area contributed by atoms with Crippen molar-refractivity contribution in [2.75, 3.05) is 27.4 Å². The molecule has 0 aliphatic heterocycles. The standard InChI is InChI=1S/C7H17N.C6H12O.2C2H6.CH4O.H2/c1-6(8-5)7(2,3)4;1-3-5-6-7-4-2;3*1-2;/h6,8H,1-5H3;3,5H,4,6H2,1-2H3;2*1-2H3;2H,1H3;1H/b;5-3+;;;;/t6-;;;;;/m1...../s1. The Morgan fingerprint density at radius 3 is 1.67 bits per heavy atom. The number of allylic oxidation sites excluding steroid dienone is 1. The summed E-state index contributed by atoms with van der Waals surface area (Å²) in [7, 11) is 3.00. The fourth-order valence-electron chi connectivity index (χ4n) is 0.715. The minimum atomic E-state index is 0. The van der Waals surface area contributed by atoms with Gasteiger partial charge in [-0.2, -0.15) is 0 Å². The van der Waals surface area contributed by atoms with Crippen molar-refractivity contribution in [1.29, 1.82) is 0 Å². The van der Waals surface area contributed by atoms with Crippen LogP contribution < -0.4 is 5.32 Å². The molecule has 0 aromatic carbocycles. The molecule has 0 saturated heterocycles. The molecule has 0 radical (unpaired) electrons. The minimum absolute atomic E-state index is 0. The van der Waals surface area contributed by atoms with Crippen LogP contribution in [0.1, 0.15) is 70.7 Å². The fourth-order valence-corrected chi connectivity index (χ4v) is 0.715. The third-order valence-electron chi connectivity index (χ3n) is 2.39. The number of hydrogen-bond acceptors (Lipinski definition) is 3. The van der Waals surface area contributed by atoms with Crippen molar-refractivity contribution in [1.82, 2.24) is 5.32 Å². The predicted molar refractivity (Wildman–Crippen MR) is 102 cm³/mol. The Morgan fingerprint density at radius 2 is 1.52 bits per heavy atom. The van der Waals surface area contributed by atoms with E-state index >= 15 is 0 Å². The first-order valence-electron chi connectivity index (χ1n) is 8.21. The van der Waals surface area contributed by atoms with Crippen LogP contribution in [0.15, 0.2) is 12.2 Å². The van der Waals surface area contributed by atoms with E-state index in [4.69, 9.17) is 9.84 Å². The highest BCUT2D eigenvalue weighted by Gasteiger charge is 2.16. The molecule has 0 aromatic heterocycles. The van der Waals surface area contributed by atoms with Gasteiger partial charge in [-0.25, -0.2) is 0 Å². The van der Waals surface area contributed by atoms with Crippen LogP contribution in [0.25, 0.3) is 0 Å². The van der Waals surface area contributed by atoms with Crippen molar-refractivity contribution in [2.24, 2.45) is 5.41 Å². The highest BCUT2D eigenvalue weighted by Crippen LogP contribution is 2.17. The monoisotopic (exact) mass is 309 g/mol. The van der Waals surface area contributed by atoms with E-state index in [9.17, 15) is 0 Å². The van der Waals surface area contributed by atoms with Crippen molar-refractivity contribution in [3.8, 4) is 0 Å². The van der Waals surface area contributed by atoms with Gasteiger partial charge in [-0.15, -0.1) is 0 Å². The van der Waals surface area contributed by atoms with Gasteiger partial charge in [0.1, 0.15) is 0 Å². The highest BCUT2D eigenvalue weighted by molar-refractivity contribution is 4.75. The Balaban J connectivity index is -0.0000000420. The van der Waals surface area contributed by atoms with E-state index in [2.05, 4.69) is 33.0 Å². The molecule has 1 atom stereocenters. The molecule has 0 aliphatic carbocycles. The third-order valence-corrected chi connectivity index (χ3v) is 2.39. The van der Waals surface area contributed by atoms with Crippen molar-refractivity contribution < 1.29 is 11.3 Å². The van der Waals surface area contributed by atoms with Crippen LogP contribution in [0.2, 0.25) is 0 Å². The van der Waals surface area contributed by atoms with Gasteiger partial charge in [0.05, 0.1) is 6.61 Å². The van der Waals surface area contributed by atoms with Crippen molar-refractivity contribution >= 4 is 0 Å². The second-order valence-electron chi connectivity index (χ2n) is 4.60. The summed E-state index contributed by atoms with van der Waals surface area (Å²) in [5.41, 5.74) is 0.398. The van der Waals surface area contributed by atoms with Crippen molar-refractivity contribution in [3.05, 3.63) is 12.2 Å². The molecule has 0 amide bonds. The van der Waals surface area contributed by atoms with E-state index in [0.29, 0.717) is 11.5 Å². The smallest absolute Gasteiger partial charge is 0.0647 e. The Bertz CT molecular complexity index is 158. The van der Waals surface area contributed by atoms with Crippen LogP contribution in [-0.2, 0) is 4.74 Å². The molecule has 136 valence electrons. The Hall–Kier alpha value is -0.380. The van der Waals surface area contributed by atoms with Gasteiger partial charge < -0.3 is 15.2 Å². The normalized spacial score (nSPS) is 10.5. The summed E-state index contributed by atoms with van der Waals surface area (Å²) >= 11 is 0. The Morgan fingerprint density at radius 1 is 1.14 bits per heavy atom. The maximum atomic E-state index is 7.00. The first-order valence-corrected chi connectivity index (χ1v) is 8.21. The lowest BCUT2D eigenvalue weighted by atomic mass is 9.88. The van der Waals surface area contributed by atoms with Crippen LogP contribution in [0.5, 0.6) is 0 Å². The summed E-state index contributed by atoms with van der Waals surface area (Å²) in [4.78, 5) is 0. The molecule has 0 bridgehead atoms. The minimum Gasteiger partial charge on any atom is -0.400 e. The van der Waals surface area contributed by atoms with E-state index in [1.165, 1.54) is 0 Å². The molecule has 0 spiro atoms. The van der Waals surface area contributed by atoms with Gasteiger partial charge in [0.25, 0.3) is 0 Å². The van der Waals surface area contributed by atoms with Gasteiger partial charge in [0.2, 0.25) is 0 Å². The molecular formula is C18H47NO2. The third kappa shape index (κ3) is 45.1. The fraction of sp³-hybridized carbons (Fsp3) is 0.889. The molecule has 3 nitrogen and oxygen atoms in total. The van der Waals surface area contributed by atoms with Gasteiger partial charge in [-0.1, -0.05) is 60.6 Å². The van der Waals surface area contributed by atoms with Crippen LogP contribution in [0.3, 0.4) is 0 Å². The van der Waals surface area contributed by atoms with E-state index in [1.807, 2.05) is 60.7 Å². The van der Waals surface area contributed by atoms with Crippen molar-refractivity contribution in [2.45, 2.75) is 75.3 Å². The van der Waals surface area contributed by atoms with Gasteiger partial charge >= 0.3 is 0 Å². The van der Waals surface area contributed by atoms with Gasteiger partial charge in [-0.3, -0.25) is 0 Å². The number of aliphatic hydroxyl groups excluding tert-OH is 1. The highest BCUT2D eigenvalue weighted by atomic mass is 16.5. The van der Waals surface area contributed by atoms with Crippen LogP contribution in [-0.4, -0.2) is 38.5 Å². The van der Waals surface area contributed by atoms with E-state index < -0.39 is 0 Å². The quantitative estimate of drug-likeness (QED) is 0.557. The molecule has 0 aliphatic rings. The lowest BCUT2D eigenvalue weighted by Crippen LogP contribution is -2.34. The number of ether oxygens (including phenoxy) is 1. The average Bonchev–Trinajstić information content (AvgIpc) is 2.52. The molecule has 0 fully saturated rings. The van der Waals surface area contributed by atoms with Crippen LogP contribution >= 0.6 is 0 Å². The zero-order chi connectivity index (χ0) is 18.3. The average molecular weight is 310 g/mol. The number of hydrogen-bond donors (Lipinski definition) is 2. The molecule has 0 rings (SSSR count). The molecule has 21 heavy (non-hydrogen) atoms. The zero-order valence-electron chi connectivity index (χ0n) is 17.0. The van der Waals surface area contributed by atoms with Gasteiger partial charge in [0, 0.05) is 21.2 Å². The second kappa shape index (κ2) is 31.8. The molecular weight excluding hydrogens is 262 g/mol. The molecule has 2 N–H and O–H groups in total. The summed E-state index contributed by atoms with van der Waals surface area (Å²) in [5, 5.41) is 10.2. The van der Waals surface area contributed by atoms with Crippen LogP contribution in [0, 0.1) is 5.41 Å². The molecule has 0 heterocycles. The number of nitrogens with one attached hydrogen (secondary N) is 1. The maximum absolute atomic E-state index is 7.00. The zero-order valence-corrected chi connectivity index (χ0v) is 17.0. The summed E-state index contributed by atoms with van der Waals surface area (Å²) in [6.45, 7) is 22.4. The van der Waals surface area contributed by atoms with E-state index in [0.717, 1.165) is 20.3 Å². The van der Waals surface area contributed by atoms with Gasteiger partial charge in [-0.05, 0) is 33.2 Å². The SMILES string of the molecule is C/C=C/COCC.CC.CC.CN[C@H](C)C(C)(C)C.CO.[HH]. The Labute approximate surface area is 137 Å². The maximum Gasteiger partial charge on any atom is 0.0647 e. The lowest BCUT2D eigenvalue weighted by Gasteiger charge is -2.26. The van der Waals surface area contributed by atoms with Gasteiger partial charge in [0.15, 0.2) is 0 Å². The lowest BCUT2D eigenvalue weighted by molar-refractivity contribution is 0.177. The predicted octanol–water partition coefficient (Wildman–Crippen LogP) is 5.15. The molecule has 0 unspecified atom stereocenters. The summed E-state index contributed by atoms with van der Waals surface area (Å²) in [6.07, 6.45) is 3.97. The Kier molecular flexibility index (Phi) is 49.3. The molecule has 3 heteroatoms. The summed E-state index contributed by atoms with van der Waals surface area (Å²) in [5.74, 6) is 0. The number of aliphatic hydroxyl groups is 1. The first-order chi connectivity index (χ1) is 9.90. The molecule has 0 saturated carbocycles. The van der Waals surface area contributed by atoms with E-state index in [-0.39, 0.29) is 1.43 Å². The number of rotatable bonds is 4. The topological polar surface area (TPSA) is 41.5 Å². The summed E-state index contributed by atoms with van der Waals surface area (Å²) in [6, 6.07) is 0.600. The molecule has 0 aromatic rings. The van der Waals surface area contributed by atoms with Crippen molar-refractivity contribution in [3.63, 3.8) is 0 Å². The van der Waals surface area contributed by atoms with Crippen LogP contribution in [0.4, 0.5) is 0 Å². The summed E-state index contributed by atoms with van der Waals surface area (Å²) < 4.78 is 4.99.